The van der Waals surface area contributed by atoms with Gasteiger partial charge >= 0.3 is 0 Å². The summed E-state index contributed by atoms with van der Waals surface area (Å²) >= 11 is 1.35. The van der Waals surface area contributed by atoms with Crippen LogP contribution >= 0.6 is 11.5 Å². The lowest BCUT2D eigenvalue weighted by atomic mass is 9.93. The van der Waals surface area contributed by atoms with Crippen molar-refractivity contribution in [1.82, 2.24) is 4.37 Å². The molecule has 1 aromatic carbocycles. The van der Waals surface area contributed by atoms with Gasteiger partial charge in [0.2, 0.25) is 0 Å². The van der Waals surface area contributed by atoms with Crippen LogP contribution in [-0.4, -0.2) is 9.48 Å². The van der Waals surface area contributed by atoms with E-state index in [1.807, 2.05) is 24.3 Å². The third-order valence-electron chi connectivity index (χ3n) is 2.64. The summed E-state index contributed by atoms with van der Waals surface area (Å²) in [7, 11) is 0. The Morgan fingerprint density at radius 1 is 1.12 bits per heavy atom. The van der Waals surface area contributed by atoms with E-state index in [2.05, 4.69) is 24.3 Å². The average molecular weight is 233 g/mol. The Morgan fingerprint density at radius 2 is 1.81 bits per heavy atom. The van der Waals surface area contributed by atoms with E-state index >= 15 is 0 Å². The number of aromatic nitrogens is 1. The number of rotatable bonds is 3. The standard InChI is InChI=1S/C13H15NOS/c1-9(2)10-5-3-4-6-11(10)13(15)12-7-8-14-16-12/h3-9,13,15H,1-2H3/t13-/m1/s1. The van der Waals surface area contributed by atoms with E-state index in [-0.39, 0.29) is 0 Å². The number of aliphatic hydroxyl groups excluding tert-OH is 1. The van der Waals surface area contributed by atoms with Gasteiger partial charge in [0, 0.05) is 6.20 Å². The molecule has 0 spiro atoms. The van der Waals surface area contributed by atoms with E-state index in [1.54, 1.807) is 6.20 Å². The van der Waals surface area contributed by atoms with Gasteiger partial charge in [-0.1, -0.05) is 38.1 Å². The normalized spacial score (nSPS) is 13.0. The molecule has 2 aromatic rings. The summed E-state index contributed by atoms with van der Waals surface area (Å²) in [5.74, 6) is 0.416. The fourth-order valence-electron chi connectivity index (χ4n) is 1.81. The Labute approximate surface area is 99.7 Å². The molecule has 0 amide bonds. The van der Waals surface area contributed by atoms with Crippen LogP contribution in [0.15, 0.2) is 36.5 Å². The predicted octanol–water partition coefficient (Wildman–Crippen LogP) is 3.35. The van der Waals surface area contributed by atoms with Crippen LogP contribution in [0, 0.1) is 0 Å². The number of hydrogen-bond acceptors (Lipinski definition) is 3. The molecule has 0 saturated heterocycles. The van der Waals surface area contributed by atoms with E-state index in [0.29, 0.717) is 5.92 Å². The van der Waals surface area contributed by atoms with Crippen LogP contribution in [0.4, 0.5) is 0 Å². The maximum Gasteiger partial charge on any atom is 0.115 e. The molecule has 0 aliphatic carbocycles. The molecule has 1 atom stereocenters. The summed E-state index contributed by atoms with van der Waals surface area (Å²) in [6.07, 6.45) is 1.17. The highest BCUT2D eigenvalue weighted by Crippen LogP contribution is 2.30. The van der Waals surface area contributed by atoms with Crippen molar-refractivity contribution >= 4 is 11.5 Å². The monoisotopic (exact) mass is 233 g/mol. The zero-order valence-electron chi connectivity index (χ0n) is 9.42. The maximum atomic E-state index is 10.3. The van der Waals surface area contributed by atoms with Crippen molar-refractivity contribution in [3.8, 4) is 0 Å². The van der Waals surface area contributed by atoms with Crippen LogP contribution in [0.25, 0.3) is 0 Å². The summed E-state index contributed by atoms with van der Waals surface area (Å²) in [6, 6.07) is 9.90. The SMILES string of the molecule is CC(C)c1ccccc1[C@@H](O)c1ccns1. The molecule has 0 radical (unpaired) electrons. The number of hydrogen-bond donors (Lipinski definition) is 1. The molecule has 2 rings (SSSR count). The highest BCUT2D eigenvalue weighted by molar-refractivity contribution is 7.05. The van der Waals surface area contributed by atoms with Crippen molar-refractivity contribution in [3.63, 3.8) is 0 Å². The molecule has 0 unspecified atom stereocenters. The Hall–Kier alpha value is -1.19. The summed E-state index contributed by atoms with van der Waals surface area (Å²) in [5, 5.41) is 10.3. The first-order valence-electron chi connectivity index (χ1n) is 5.37. The smallest absolute Gasteiger partial charge is 0.115 e. The zero-order valence-corrected chi connectivity index (χ0v) is 10.2. The average Bonchev–Trinajstić information content (AvgIpc) is 2.81. The predicted molar refractivity (Wildman–Crippen MR) is 66.7 cm³/mol. The van der Waals surface area contributed by atoms with E-state index in [4.69, 9.17) is 0 Å². The molecule has 84 valence electrons. The molecule has 0 aliphatic rings. The van der Waals surface area contributed by atoms with Gasteiger partial charge in [0.05, 0.1) is 4.88 Å². The molecular formula is C13H15NOS. The van der Waals surface area contributed by atoms with Gasteiger partial charge in [0.1, 0.15) is 6.10 Å². The minimum absolute atomic E-state index is 0.416. The summed E-state index contributed by atoms with van der Waals surface area (Å²) in [5.41, 5.74) is 2.19. The number of nitrogens with zero attached hydrogens (tertiary/aromatic N) is 1. The lowest BCUT2D eigenvalue weighted by molar-refractivity contribution is 0.222. The zero-order chi connectivity index (χ0) is 11.5. The van der Waals surface area contributed by atoms with Crippen LogP contribution in [0.5, 0.6) is 0 Å². The van der Waals surface area contributed by atoms with E-state index in [9.17, 15) is 5.11 Å². The van der Waals surface area contributed by atoms with Crippen molar-refractivity contribution in [2.75, 3.05) is 0 Å². The van der Waals surface area contributed by atoms with Gasteiger partial charge < -0.3 is 5.11 Å². The minimum atomic E-state index is -0.550. The first-order chi connectivity index (χ1) is 7.70. The molecule has 1 N–H and O–H groups in total. The number of benzene rings is 1. The minimum Gasteiger partial charge on any atom is -0.383 e. The van der Waals surface area contributed by atoms with Crippen LogP contribution in [0.2, 0.25) is 0 Å². The Morgan fingerprint density at radius 3 is 2.38 bits per heavy atom. The van der Waals surface area contributed by atoms with Crippen molar-refractivity contribution in [3.05, 3.63) is 52.5 Å². The molecule has 3 heteroatoms. The molecule has 0 aliphatic heterocycles. The van der Waals surface area contributed by atoms with E-state index in [0.717, 1.165) is 10.4 Å². The lowest BCUT2D eigenvalue weighted by Gasteiger charge is -2.16. The third kappa shape index (κ3) is 2.15. The van der Waals surface area contributed by atoms with E-state index in [1.165, 1.54) is 17.1 Å². The van der Waals surface area contributed by atoms with Gasteiger partial charge in [-0.15, -0.1) is 0 Å². The number of aliphatic hydroxyl groups is 1. The van der Waals surface area contributed by atoms with Gasteiger partial charge in [0.25, 0.3) is 0 Å². The molecular weight excluding hydrogens is 218 g/mol. The fourth-order valence-corrected chi connectivity index (χ4v) is 2.40. The summed E-state index contributed by atoms with van der Waals surface area (Å²) < 4.78 is 4.02. The highest BCUT2D eigenvalue weighted by Gasteiger charge is 2.16. The molecule has 2 nitrogen and oxygen atoms in total. The molecule has 1 heterocycles. The Balaban J connectivity index is 2.40. The summed E-state index contributed by atoms with van der Waals surface area (Å²) in [6.45, 7) is 4.27. The van der Waals surface area contributed by atoms with Gasteiger partial charge in [-0.2, -0.15) is 0 Å². The second-order valence-electron chi connectivity index (χ2n) is 4.10. The second kappa shape index (κ2) is 4.76. The fraction of sp³-hybridized carbons (Fsp3) is 0.308. The molecule has 1 aromatic heterocycles. The third-order valence-corrected chi connectivity index (χ3v) is 3.44. The van der Waals surface area contributed by atoms with Crippen molar-refractivity contribution in [2.24, 2.45) is 0 Å². The Kier molecular flexibility index (Phi) is 3.36. The van der Waals surface area contributed by atoms with Gasteiger partial charge in [-0.25, -0.2) is 4.37 Å². The quantitative estimate of drug-likeness (QED) is 0.882. The van der Waals surface area contributed by atoms with Crippen molar-refractivity contribution in [1.29, 1.82) is 0 Å². The Bertz CT molecular complexity index is 451. The molecule has 0 fully saturated rings. The first-order valence-corrected chi connectivity index (χ1v) is 6.15. The molecule has 0 saturated carbocycles. The van der Waals surface area contributed by atoms with Crippen LogP contribution < -0.4 is 0 Å². The van der Waals surface area contributed by atoms with Crippen LogP contribution in [-0.2, 0) is 0 Å². The lowest BCUT2D eigenvalue weighted by Crippen LogP contribution is -2.03. The van der Waals surface area contributed by atoms with Gasteiger partial charge in [-0.3, -0.25) is 0 Å². The summed E-state index contributed by atoms with van der Waals surface area (Å²) in [4.78, 5) is 0.896. The maximum absolute atomic E-state index is 10.3. The first kappa shape index (κ1) is 11.3. The van der Waals surface area contributed by atoms with Crippen molar-refractivity contribution in [2.45, 2.75) is 25.9 Å². The second-order valence-corrected chi connectivity index (χ2v) is 4.97. The highest BCUT2D eigenvalue weighted by atomic mass is 32.1. The molecule has 16 heavy (non-hydrogen) atoms. The van der Waals surface area contributed by atoms with Crippen molar-refractivity contribution < 1.29 is 5.11 Å². The van der Waals surface area contributed by atoms with Crippen LogP contribution in [0.1, 0.15) is 41.9 Å². The molecule has 0 bridgehead atoms. The van der Waals surface area contributed by atoms with Crippen LogP contribution in [0.3, 0.4) is 0 Å². The van der Waals surface area contributed by atoms with Gasteiger partial charge in [0.15, 0.2) is 0 Å². The van der Waals surface area contributed by atoms with Gasteiger partial charge in [-0.05, 0) is 34.6 Å². The topological polar surface area (TPSA) is 33.1 Å². The van der Waals surface area contributed by atoms with E-state index < -0.39 is 6.10 Å². The largest absolute Gasteiger partial charge is 0.383 e.